The first-order valence-corrected chi connectivity index (χ1v) is 8.03. The van der Waals surface area contributed by atoms with E-state index in [1.165, 1.54) is 7.11 Å². The number of amides is 1. The first-order chi connectivity index (χ1) is 9.44. The van der Waals surface area contributed by atoms with Crippen LogP contribution >= 0.6 is 12.4 Å². The molecule has 0 aliphatic rings. The molecule has 0 saturated heterocycles. The number of rotatable bonds is 8. The van der Waals surface area contributed by atoms with Gasteiger partial charge < -0.3 is 15.8 Å². The number of carbonyl (C=O) groups excluding carboxylic acids is 1. The average molecular weight is 337 g/mol. The summed E-state index contributed by atoms with van der Waals surface area (Å²) in [7, 11) is -1.81. The van der Waals surface area contributed by atoms with Crippen LogP contribution in [-0.2, 0) is 25.1 Å². The third-order valence-electron chi connectivity index (χ3n) is 2.62. The van der Waals surface area contributed by atoms with Gasteiger partial charge >= 0.3 is 0 Å². The highest BCUT2D eigenvalue weighted by atomic mass is 35.5. The molecule has 1 unspecified atom stereocenters. The molecule has 1 amide bonds. The van der Waals surface area contributed by atoms with Gasteiger partial charge in [0.2, 0.25) is 5.91 Å². The van der Waals surface area contributed by atoms with Gasteiger partial charge in [-0.3, -0.25) is 4.79 Å². The van der Waals surface area contributed by atoms with Crippen molar-refractivity contribution in [2.24, 2.45) is 5.73 Å². The maximum Gasteiger partial charge on any atom is 0.239 e. The number of carbonyl (C=O) groups is 1. The quantitative estimate of drug-likeness (QED) is 0.702. The van der Waals surface area contributed by atoms with Crippen LogP contribution < -0.4 is 11.1 Å². The minimum Gasteiger partial charge on any atom is -0.383 e. The largest absolute Gasteiger partial charge is 0.383 e. The van der Waals surface area contributed by atoms with Crippen LogP contribution in [0.1, 0.15) is 5.56 Å². The van der Waals surface area contributed by atoms with Gasteiger partial charge in [0.05, 0.1) is 18.1 Å². The van der Waals surface area contributed by atoms with E-state index < -0.39 is 21.8 Å². The monoisotopic (exact) mass is 336 g/mol. The minimum atomic E-state index is -3.26. The van der Waals surface area contributed by atoms with Gasteiger partial charge in [0.1, 0.15) is 6.04 Å². The molecule has 1 atom stereocenters. The summed E-state index contributed by atoms with van der Waals surface area (Å²) in [5.41, 5.74) is 6.25. The fraction of sp³-hybridized carbons (Fsp3) is 0.462. The van der Waals surface area contributed by atoms with Crippen LogP contribution in [0, 0.1) is 0 Å². The van der Waals surface area contributed by atoms with E-state index in [0.717, 1.165) is 5.56 Å². The van der Waals surface area contributed by atoms with E-state index in [1.54, 1.807) is 24.3 Å². The van der Waals surface area contributed by atoms with Gasteiger partial charge in [-0.25, -0.2) is 8.42 Å². The molecule has 0 radical (unpaired) electrons. The molecule has 1 aromatic rings. The van der Waals surface area contributed by atoms with E-state index in [4.69, 9.17) is 10.5 Å². The Kier molecular flexibility index (Phi) is 9.19. The van der Waals surface area contributed by atoms with E-state index in [1.807, 2.05) is 6.07 Å². The molecule has 120 valence electrons. The molecule has 0 aliphatic heterocycles. The van der Waals surface area contributed by atoms with Crippen LogP contribution in [0.4, 0.5) is 0 Å². The van der Waals surface area contributed by atoms with E-state index >= 15 is 0 Å². The van der Waals surface area contributed by atoms with Crippen molar-refractivity contribution in [3.63, 3.8) is 0 Å². The van der Waals surface area contributed by atoms with Gasteiger partial charge in [-0.05, 0) is 5.56 Å². The maximum absolute atomic E-state index is 11.9. The first kappa shape index (κ1) is 19.9. The Morgan fingerprint density at radius 3 is 2.52 bits per heavy atom. The zero-order valence-electron chi connectivity index (χ0n) is 11.8. The van der Waals surface area contributed by atoms with Gasteiger partial charge in [-0.1, -0.05) is 30.3 Å². The number of ether oxygens (including phenoxy) is 1. The van der Waals surface area contributed by atoms with Crippen molar-refractivity contribution in [2.45, 2.75) is 11.8 Å². The molecule has 6 nitrogen and oxygen atoms in total. The van der Waals surface area contributed by atoms with Crippen LogP contribution in [0.2, 0.25) is 0 Å². The smallest absolute Gasteiger partial charge is 0.239 e. The fourth-order valence-corrected chi connectivity index (χ4v) is 2.87. The highest BCUT2D eigenvalue weighted by Gasteiger charge is 2.15. The molecule has 0 fully saturated rings. The van der Waals surface area contributed by atoms with E-state index in [2.05, 4.69) is 5.32 Å². The average Bonchev–Trinajstić information content (AvgIpc) is 2.39. The molecule has 0 aromatic heterocycles. The number of hydrogen-bond acceptors (Lipinski definition) is 5. The Morgan fingerprint density at radius 1 is 1.33 bits per heavy atom. The lowest BCUT2D eigenvalue weighted by molar-refractivity contribution is -0.123. The summed E-state index contributed by atoms with van der Waals surface area (Å²) in [6.07, 6.45) is 0. The van der Waals surface area contributed by atoms with E-state index in [9.17, 15) is 13.2 Å². The number of halogens is 1. The molecule has 0 aliphatic carbocycles. The molecule has 0 saturated carbocycles. The number of methoxy groups -OCH3 is 1. The van der Waals surface area contributed by atoms with Gasteiger partial charge in [-0.15, -0.1) is 12.4 Å². The van der Waals surface area contributed by atoms with Crippen molar-refractivity contribution in [1.29, 1.82) is 0 Å². The number of benzene rings is 1. The Balaban J connectivity index is 0.00000400. The summed E-state index contributed by atoms with van der Waals surface area (Å²) >= 11 is 0. The highest BCUT2D eigenvalue weighted by Crippen LogP contribution is 2.05. The molecular weight excluding hydrogens is 316 g/mol. The van der Waals surface area contributed by atoms with Crippen molar-refractivity contribution in [3.05, 3.63) is 35.9 Å². The lowest BCUT2D eigenvalue weighted by atomic mass is 10.2. The SMILES string of the molecule is COCC(N)C(=O)NCCS(=O)(=O)Cc1ccccc1.Cl. The Bertz CT molecular complexity index is 522. The first-order valence-electron chi connectivity index (χ1n) is 6.21. The van der Waals surface area contributed by atoms with Crippen LogP contribution in [0.25, 0.3) is 0 Å². The van der Waals surface area contributed by atoms with Crippen molar-refractivity contribution in [1.82, 2.24) is 5.32 Å². The van der Waals surface area contributed by atoms with Crippen LogP contribution in [0.5, 0.6) is 0 Å². The van der Waals surface area contributed by atoms with Crippen LogP contribution in [0.3, 0.4) is 0 Å². The molecule has 21 heavy (non-hydrogen) atoms. The highest BCUT2D eigenvalue weighted by molar-refractivity contribution is 7.90. The molecule has 0 heterocycles. The van der Waals surface area contributed by atoms with Gasteiger partial charge in [0, 0.05) is 13.7 Å². The summed E-state index contributed by atoms with van der Waals surface area (Å²) in [6, 6.07) is 8.13. The standard InChI is InChI=1S/C13H20N2O4S.ClH/c1-19-9-12(14)13(16)15-7-8-20(17,18)10-11-5-3-2-4-6-11;/h2-6,12H,7-10,14H2,1H3,(H,15,16);1H. The van der Waals surface area contributed by atoms with E-state index in [-0.39, 0.29) is 37.1 Å². The van der Waals surface area contributed by atoms with Crippen molar-refractivity contribution in [2.75, 3.05) is 26.0 Å². The molecule has 0 bridgehead atoms. The van der Waals surface area contributed by atoms with Crippen molar-refractivity contribution < 1.29 is 17.9 Å². The third kappa shape index (κ3) is 8.01. The topological polar surface area (TPSA) is 98.5 Å². The number of sulfone groups is 1. The van der Waals surface area contributed by atoms with Crippen molar-refractivity contribution >= 4 is 28.2 Å². The second kappa shape index (κ2) is 9.73. The molecular formula is C13H21ClN2O4S. The summed E-state index contributed by atoms with van der Waals surface area (Å²) in [6.45, 7) is 0.147. The van der Waals surface area contributed by atoms with Crippen molar-refractivity contribution in [3.8, 4) is 0 Å². The van der Waals surface area contributed by atoms with Crippen LogP contribution in [0.15, 0.2) is 30.3 Å². The second-order valence-electron chi connectivity index (χ2n) is 4.43. The predicted octanol–water partition coefficient (Wildman–Crippen LogP) is 0.113. The minimum absolute atomic E-state index is 0. The molecule has 8 heteroatoms. The Hall–Kier alpha value is -1.15. The number of nitrogens with one attached hydrogen (secondary N) is 1. The van der Waals surface area contributed by atoms with Gasteiger partial charge in [-0.2, -0.15) is 0 Å². The second-order valence-corrected chi connectivity index (χ2v) is 6.61. The third-order valence-corrected chi connectivity index (χ3v) is 4.22. The van der Waals surface area contributed by atoms with Crippen LogP contribution in [-0.4, -0.2) is 46.4 Å². The maximum atomic E-state index is 11.9. The Morgan fingerprint density at radius 2 is 1.95 bits per heavy atom. The molecule has 0 spiro atoms. The number of nitrogens with two attached hydrogens (primary N) is 1. The lowest BCUT2D eigenvalue weighted by Crippen LogP contribution is -2.44. The summed E-state index contributed by atoms with van der Waals surface area (Å²) in [5.74, 6) is -0.567. The normalized spacial score (nSPS) is 12.3. The van der Waals surface area contributed by atoms with Gasteiger partial charge in [0.15, 0.2) is 9.84 Å². The zero-order valence-corrected chi connectivity index (χ0v) is 13.5. The predicted molar refractivity (Wildman–Crippen MR) is 84.0 cm³/mol. The summed E-state index contributed by atoms with van der Waals surface area (Å²) < 4.78 is 28.5. The number of hydrogen-bond donors (Lipinski definition) is 2. The van der Waals surface area contributed by atoms with Gasteiger partial charge in [0.25, 0.3) is 0 Å². The summed E-state index contributed by atoms with van der Waals surface area (Å²) in [5, 5.41) is 2.49. The Labute approximate surface area is 131 Å². The zero-order chi connectivity index (χ0) is 15.0. The molecule has 1 rings (SSSR count). The fourth-order valence-electron chi connectivity index (χ4n) is 1.62. The summed E-state index contributed by atoms with van der Waals surface area (Å²) in [4.78, 5) is 11.5. The lowest BCUT2D eigenvalue weighted by Gasteiger charge is -2.11. The molecule has 3 N–H and O–H groups in total. The molecule has 1 aromatic carbocycles. The van der Waals surface area contributed by atoms with E-state index in [0.29, 0.717) is 0 Å².